The summed E-state index contributed by atoms with van der Waals surface area (Å²) in [5, 5.41) is 5.57. The van der Waals surface area contributed by atoms with Crippen LogP contribution in [-0.2, 0) is 22.4 Å². The second-order valence-corrected chi connectivity index (χ2v) is 9.78. The summed E-state index contributed by atoms with van der Waals surface area (Å²) < 4.78 is 7.32. The summed E-state index contributed by atoms with van der Waals surface area (Å²) >= 11 is 0. The molecule has 0 amide bonds. The van der Waals surface area contributed by atoms with Gasteiger partial charge in [0.1, 0.15) is 5.78 Å². The Morgan fingerprint density at radius 2 is 1.53 bits per heavy atom. The molecule has 2 fully saturated rings. The summed E-state index contributed by atoms with van der Waals surface area (Å²) in [5.74, 6) is 0.740. The van der Waals surface area contributed by atoms with Crippen molar-refractivity contribution in [3.8, 4) is 5.69 Å². The van der Waals surface area contributed by atoms with Crippen LogP contribution >= 0.6 is 0 Å². The zero-order valence-electron chi connectivity index (χ0n) is 20.2. The Bertz CT molecular complexity index is 1400. The molecule has 2 heterocycles. The van der Waals surface area contributed by atoms with Crippen LogP contribution in [0.3, 0.4) is 0 Å². The smallest absolute Gasteiger partial charge is 0.167 e. The maximum atomic E-state index is 12.9. The molecule has 0 atom stereocenters. The molecule has 1 aromatic heterocycles. The van der Waals surface area contributed by atoms with E-state index >= 15 is 0 Å². The molecule has 0 N–H and O–H groups in total. The van der Waals surface area contributed by atoms with E-state index in [0.717, 1.165) is 78.1 Å². The van der Waals surface area contributed by atoms with E-state index < -0.39 is 0 Å². The van der Waals surface area contributed by atoms with E-state index in [2.05, 4.69) is 10.00 Å². The maximum Gasteiger partial charge on any atom is 0.167 e. The van der Waals surface area contributed by atoms with Gasteiger partial charge in [0.25, 0.3) is 0 Å². The summed E-state index contributed by atoms with van der Waals surface area (Å²) in [7, 11) is 0. The molecule has 1 aliphatic carbocycles. The van der Waals surface area contributed by atoms with Crippen molar-refractivity contribution in [2.75, 3.05) is 31.2 Å². The largest absolute Gasteiger partial charge is 0.378 e. The molecule has 1 saturated heterocycles. The lowest BCUT2D eigenvalue weighted by atomic mass is 10.0. The molecule has 1 aliphatic heterocycles. The number of ketones is 2. The first-order valence-electron chi connectivity index (χ1n) is 12.7. The molecule has 6 rings (SSSR count). The number of carbonyl (C=O) groups excluding carboxylic acids is 2. The molecule has 182 valence electrons. The Morgan fingerprint density at radius 1 is 0.833 bits per heavy atom. The number of carbonyl (C=O) groups is 2. The molecule has 4 aromatic rings. The van der Waals surface area contributed by atoms with E-state index in [0.29, 0.717) is 18.6 Å². The van der Waals surface area contributed by atoms with Crippen LogP contribution in [0.15, 0.2) is 72.9 Å². The predicted molar refractivity (Wildman–Crippen MR) is 140 cm³/mol. The van der Waals surface area contributed by atoms with Crippen molar-refractivity contribution in [2.24, 2.45) is 5.92 Å². The van der Waals surface area contributed by atoms with Crippen molar-refractivity contribution in [1.29, 1.82) is 0 Å². The number of ether oxygens (including phenoxy) is 1. The number of fused-ring (bicyclic) bond motifs is 1. The SMILES string of the molecule is O=C(Cc1ccc2c(cnn2-c2ccc(CC(=O)C3CC3)cc2)c1)c1ccc(N2CCOCC2)cc1. The number of rotatable bonds is 8. The van der Waals surface area contributed by atoms with E-state index in [1.54, 1.807) is 0 Å². The minimum absolute atomic E-state index is 0.103. The highest BCUT2D eigenvalue weighted by Crippen LogP contribution is 2.31. The molecule has 3 aromatic carbocycles. The number of nitrogens with zero attached hydrogens (tertiary/aromatic N) is 3. The third kappa shape index (κ3) is 4.82. The first kappa shape index (κ1) is 22.7. The average Bonchev–Trinajstić information content (AvgIpc) is 3.70. The van der Waals surface area contributed by atoms with Crippen molar-refractivity contribution in [3.63, 3.8) is 0 Å². The van der Waals surface area contributed by atoms with Gasteiger partial charge in [0.2, 0.25) is 0 Å². The fourth-order valence-corrected chi connectivity index (χ4v) is 4.87. The normalized spacial score (nSPS) is 15.8. The summed E-state index contributed by atoms with van der Waals surface area (Å²) in [6, 6.07) is 22.0. The molecule has 6 nitrogen and oxygen atoms in total. The fraction of sp³-hybridized carbons (Fsp3) is 0.300. The van der Waals surface area contributed by atoms with Gasteiger partial charge in [-0.2, -0.15) is 5.10 Å². The fourth-order valence-electron chi connectivity index (χ4n) is 4.87. The molecule has 0 unspecified atom stereocenters. The Morgan fingerprint density at radius 3 is 2.25 bits per heavy atom. The zero-order chi connectivity index (χ0) is 24.5. The summed E-state index contributed by atoms with van der Waals surface area (Å²) in [4.78, 5) is 27.3. The second kappa shape index (κ2) is 9.70. The van der Waals surface area contributed by atoms with Crippen LogP contribution in [0.4, 0.5) is 5.69 Å². The molecule has 0 radical (unpaired) electrons. The van der Waals surface area contributed by atoms with Gasteiger partial charge in [-0.05, 0) is 72.5 Å². The monoisotopic (exact) mass is 479 g/mol. The highest BCUT2D eigenvalue weighted by Gasteiger charge is 2.29. The average molecular weight is 480 g/mol. The van der Waals surface area contributed by atoms with Gasteiger partial charge < -0.3 is 9.64 Å². The minimum Gasteiger partial charge on any atom is -0.378 e. The number of benzene rings is 3. The van der Waals surface area contributed by atoms with Gasteiger partial charge in [0, 0.05) is 48.5 Å². The van der Waals surface area contributed by atoms with Gasteiger partial charge in [-0.15, -0.1) is 0 Å². The van der Waals surface area contributed by atoms with E-state index in [9.17, 15) is 9.59 Å². The zero-order valence-corrected chi connectivity index (χ0v) is 20.2. The van der Waals surface area contributed by atoms with Gasteiger partial charge in [0.05, 0.1) is 30.6 Å². The Balaban J connectivity index is 1.14. The van der Waals surface area contributed by atoms with E-state index in [4.69, 9.17) is 4.74 Å². The van der Waals surface area contributed by atoms with Gasteiger partial charge in [-0.1, -0.05) is 18.2 Å². The number of hydrogen-bond donors (Lipinski definition) is 0. The van der Waals surface area contributed by atoms with Crippen LogP contribution in [0, 0.1) is 5.92 Å². The molecule has 1 saturated carbocycles. The highest BCUT2D eigenvalue weighted by molar-refractivity contribution is 5.98. The topological polar surface area (TPSA) is 64.4 Å². The van der Waals surface area contributed by atoms with Crippen LogP contribution < -0.4 is 4.90 Å². The van der Waals surface area contributed by atoms with Crippen molar-refractivity contribution in [3.05, 3.63) is 89.6 Å². The molecule has 2 aliphatic rings. The van der Waals surface area contributed by atoms with Crippen molar-refractivity contribution in [2.45, 2.75) is 25.7 Å². The lowest BCUT2D eigenvalue weighted by Crippen LogP contribution is -2.36. The highest BCUT2D eigenvalue weighted by atomic mass is 16.5. The van der Waals surface area contributed by atoms with E-state index in [1.165, 1.54) is 0 Å². The van der Waals surface area contributed by atoms with Crippen molar-refractivity contribution >= 4 is 28.2 Å². The Labute approximate surface area is 210 Å². The lowest BCUT2D eigenvalue weighted by molar-refractivity contribution is -0.119. The number of anilines is 1. The second-order valence-electron chi connectivity index (χ2n) is 9.78. The van der Waals surface area contributed by atoms with Gasteiger partial charge >= 0.3 is 0 Å². The van der Waals surface area contributed by atoms with E-state index in [-0.39, 0.29) is 11.7 Å². The van der Waals surface area contributed by atoms with Crippen LogP contribution in [0.2, 0.25) is 0 Å². The number of hydrogen-bond acceptors (Lipinski definition) is 5. The van der Waals surface area contributed by atoms with Crippen LogP contribution in [0.1, 0.15) is 34.3 Å². The maximum absolute atomic E-state index is 12.9. The van der Waals surface area contributed by atoms with Crippen LogP contribution in [-0.4, -0.2) is 47.7 Å². The van der Waals surface area contributed by atoms with Gasteiger partial charge in [0.15, 0.2) is 5.78 Å². The molecule has 6 heteroatoms. The third-order valence-electron chi connectivity index (χ3n) is 7.15. The number of aromatic nitrogens is 2. The molecular formula is C30H29N3O3. The lowest BCUT2D eigenvalue weighted by Gasteiger charge is -2.28. The summed E-state index contributed by atoms with van der Waals surface area (Å²) in [6.45, 7) is 3.25. The predicted octanol–water partition coefficient (Wildman–Crippen LogP) is 4.81. The minimum atomic E-state index is 0.103. The number of Topliss-reactive ketones (excluding diaryl/α,β-unsaturated/α-hetero) is 2. The Kier molecular flexibility index (Phi) is 6.11. The first-order valence-corrected chi connectivity index (χ1v) is 12.7. The number of morpholine rings is 1. The molecule has 0 bridgehead atoms. The third-order valence-corrected chi connectivity index (χ3v) is 7.15. The molecule has 36 heavy (non-hydrogen) atoms. The van der Waals surface area contributed by atoms with Gasteiger partial charge in [-0.3, -0.25) is 9.59 Å². The standard InChI is InChI=1S/C30H29N3O3/c34-29(23-4-5-23)18-21-1-8-27(9-2-21)33-28-12-3-22(17-25(28)20-31-33)19-30(35)24-6-10-26(11-7-24)32-13-15-36-16-14-32/h1-3,6-12,17,20,23H,4-5,13-16,18-19H2. The summed E-state index contributed by atoms with van der Waals surface area (Å²) in [6.07, 6.45) is 4.79. The quantitative estimate of drug-likeness (QED) is 0.340. The first-order chi connectivity index (χ1) is 17.6. The van der Waals surface area contributed by atoms with E-state index in [1.807, 2.05) is 77.6 Å². The van der Waals surface area contributed by atoms with Crippen LogP contribution in [0.25, 0.3) is 16.6 Å². The van der Waals surface area contributed by atoms with Gasteiger partial charge in [-0.25, -0.2) is 4.68 Å². The van der Waals surface area contributed by atoms with Crippen molar-refractivity contribution < 1.29 is 14.3 Å². The molecule has 0 spiro atoms. The van der Waals surface area contributed by atoms with Crippen molar-refractivity contribution in [1.82, 2.24) is 9.78 Å². The van der Waals surface area contributed by atoms with Crippen LogP contribution in [0.5, 0.6) is 0 Å². The summed E-state index contributed by atoms with van der Waals surface area (Å²) in [5.41, 5.74) is 5.82. The Hall–Kier alpha value is -3.77. The molecular weight excluding hydrogens is 450 g/mol.